The first kappa shape index (κ1) is 32.3. The third kappa shape index (κ3) is 7.27. The number of benzene rings is 3. The summed E-state index contributed by atoms with van der Waals surface area (Å²) < 4.78 is 45.3. The smallest absolute Gasteiger partial charge is 1.00 e. The van der Waals surface area contributed by atoms with Crippen molar-refractivity contribution in [2.45, 2.75) is 25.7 Å². The van der Waals surface area contributed by atoms with Crippen LogP contribution in [0.3, 0.4) is 0 Å². The summed E-state index contributed by atoms with van der Waals surface area (Å²) in [6.07, 6.45) is 2.41. The van der Waals surface area contributed by atoms with Gasteiger partial charge in [-0.05, 0) is 67.8 Å². The Kier molecular flexibility index (Phi) is 10.1. The van der Waals surface area contributed by atoms with E-state index in [0.717, 1.165) is 6.07 Å². The fourth-order valence-electron chi connectivity index (χ4n) is 4.39. The second kappa shape index (κ2) is 13.8. The molecule has 224 valence electrons. The van der Waals surface area contributed by atoms with Crippen LogP contribution < -0.4 is 43.7 Å². The van der Waals surface area contributed by atoms with Gasteiger partial charge in [-0.2, -0.15) is 0 Å². The van der Waals surface area contributed by atoms with E-state index >= 15 is 4.39 Å². The third-order valence-corrected chi connectivity index (χ3v) is 6.91. The first-order valence-corrected chi connectivity index (χ1v) is 13.4. The number of carbonyl (C=O) groups excluding carboxylic acids is 2. The molecule has 0 spiro atoms. The Morgan fingerprint density at radius 3 is 2.23 bits per heavy atom. The molecule has 3 aromatic carbocycles. The maximum Gasteiger partial charge on any atom is 1.00 e. The van der Waals surface area contributed by atoms with Crippen LogP contribution in [0.25, 0.3) is 10.9 Å². The van der Waals surface area contributed by atoms with Crippen molar-refractivity contribution in [3.63, 3.8) is 0 Å². The van der Waals surface area contributed by atoms with Crippen LogP contribution in [0.15, 0.2) is 66.9 Å². The van der Waals surface area contributed by atoms with E-state index < -0.39 is 34.8 Å². The number of carbonyl (C=O) groups is 3. The van der Waals surface area contributed by atoms with Crippen LogP contribution in [0, 0.1) is 17.0 Å². The molecule has 0 bridgehead atoms. The van der Waals surface area contributed by atoms with Gasteiger partial charge in [-0.3, -0.25) is 19.4 Å². The summed E-state index contributed by atoms with van der Waals surface area (Å²) in [5, 5.41) is 14.5. The van der Waals surface area contributed by atoms with Crippen molar-refractivity contribution >= 4 is 40.1 Å². The first-order chi connectivity index (χ1) is 20.7. The minimum Gasteiger partial charge on any atom is -1.00 e. The summed E-state index contributed by atoms with van der Waals surface area (Å²) in [7, 11) is 1.45. The van der Waals surface area contributed by atoms with Gasteiger partial charge in [-0.25, -0.2) is 8.78 Å². The predicted octanol–water partition coefficient (Wildman–Crippen LogP) is 3.03. The van der Waals surface area contributed by atoms with Crippen LogP contribution >= 0.6 is 0 Å². The van der Waals surface area contributed by atoms with Gasteiger partial charge in [-0.1, -0.05) is 0 Å². The largest absolute Gasteiger partial charge is 1.00 e. The number of halogens is 2. The third-order valence-electron chi connectivity index (χ3n) is 6.91. The Morgan fingerprint density at radius 1 is 0.909 bits per heavy atom. The molecular formula is C31H28F2LiN3O7. The molecule has 44 heavy (non-hydrogen) atoms. The molecule has 0 radical (unpaired) electrons. The SMILES string of the molecule is COc1cc2c(Oc3ccc(NC(=O)C4(C(=O)Nc5ccc(F)cc5)CC4)cc3F)ccnc2cc1OCCCC(=O)O.[H-].[Li+]. The summed E-state index contributed by atoms with van der Waals surface area (Å²) >= 11 is 0. The van der Waals surface area contributed by atoms with Crippen molar-refractivity contribution in [1.82, 2.24) is 4.98 Å². The maximum atomic E-state index is 15.1. The van der Waals surface area contributed by atoms with E-state index in [1.54, 1.807) is 18.2 Å². The van der Waals surface area contributed by atoms with Gasteiger partial charge in [0.2, 0.25) is 11.8 Å². The quantitative estimate of drug-likeness (QED) is 0.129. The van der Waals surface area contributed by atoms with Gasteiger partial charge in [0.15, 0.2) is 23.1 Å². The molecule has 1 heterocycles. The van der Waals surface area contributed by atoms with Gasteiger partial charge in [0.1, 0.15) is 17.0 Å². The van der Waals surface area contributed by atoms with Crippen molar-refractivity contribution in [3.05, 3.63) is 78.5 Å². The average molecular weight is 600 g/mol. The molecule has 1 aliphatic carbocycles. The number of aliphatic carboxylic acids is 1. The Bertz CT molecular complexity index is 1710. The zero-order chi connectivity index (χ0) is 30.6. The fourth-order valence-corrected chi connectivity index (χ4v) is 4.39. The van der Waals surface area contributed by atoms with Crippen molar-refractivity contribution in [3.8, 4) is 23.0 Å². The molecule has 4 aromatic rings. The number of fused-ring (bicyclic) bond motifs is 1. The van der Waals surface area contributed by atoms with E-state index in [9.17, 15) is 18.8 Å². The second-order valence-electron chi connectivity index (χ2n) is 9.92. The number of hydrogen-bond donors (Lipinski definition) is 3. The van der Waals surface area contributed by atoms with Crippen LogP contribution in [-0.2, 0) is 14.4 Å². The summed E-state index contributed by atoms with van der Waals surface area (Å²) in [5.41, 5.74) is -0.321. The minimum atomic E-state index is -1.30. The molecular weight excluding hydrogens is 571 g/mol. The molecule has 1 aromatic heterocycles. The molecule has 5 rings (SSSR count). The number of pyridine rings is 1. The normalized spacial score (nSPS) is 12.9. The number of nitrogens with one attached hydrogen (secondary N) is 2. The average Bonchev–Trinajstić information content (AvgIpc) is 3.80. The minimum absolute atomic E-state index is 0. The Hall–Kier alpha value is -4.66. The number of amides is 2. The van der Waals surface area contributed by atoms with Gasteiger partial charge < -0.3 is 31.4 Å². The number of aromatic nitrogens is 1. The van der Waals surface area contributed by atoms with Gasteiger partial charge in [0.05, 0.1) is 19.2 Å². The predicted molar refractivity (Wildman–Crippen MR) is 154 cm³/mol. The zero-order valence-corrected chi connectivity index (χ0v) is 24.0. The summed E-state index contributed by atoms with van der Waals surface area (Å²) in [5.74, 6) is -2.33. The van der Waals surface area contributed by atoms with Crippen molar-refractivity contribution < 1.29 is 62.8 Å². The topological polar surface area (TPSA) is 136 Å². The molecule has 1 aliphatic rings. The number of carboxylic acid groups (broad SMARTS) is 1. The molecule has 3 N–H and O–H groups in total. The number of ether oxygens (including phenoxy) is 3. The van der Waals surface area contributed by atoms with Crippen molar-refractivity contribution in [2.75, 3.05) is 24.4 Å². The summed E-state index contributed by atoms with van der Waals surface area (Å²) in [6.45, 7) is 0.165. The number of hydrogen-bond acceptors (Lipinski definition) is 7. The van der Waals surface area contributed by atoms with Gasteiger partial charge in [0.25, 0.3) is 0 Å². The molecule has 0 atom stereocenters. The molecule has 1 fully saturated rings. The Morgan fingerprint density at radius 2 is 1.59 bits per heavy atom. The maximum absolute atomic E-state index is 15.1. The number of rotatable bonds is 12. The molecule has 0 unspecified atom stereocenters. The van der Waals surface area contributed by atoms with E-state index in [1.807, 2.05) is 0 Å². The Labute approximate surface area is 264 Å². The van der Waals surface area contributed by atoms with Crippen molar-refractivity contribution in [2.24, 2.45) is 5.41 Å². The molecule has 0 saturated heterocycles. The number of nitrogens with zero attached hydrogens (tertiary/aromatic N) is 1. The van der Waals surface area contributed by atoms with Crippen molar-refractivity contribution in [1.29, 1.82) is 0 Å². The molecule has 13 heteroatoms. The standard InChI is InChI=1S/C31H27F2N3O7.Li.H/c1-41-26-16-21-23(17-27(26)42-14-2-3-28(37)38)34-13-10-24(21)43-25-9-8-20(15-22(25)33)36-30(40)31(11-12-31)29(39)35-19-6-4-18(32)5-7-19;;/h4-10,13,15-17H,2-3,11-12,14H2,1H3,(H,35,39)(H,36,40)(H,37,38);;/q;+1;-1. The van der Waals surface area contributed by atoms with Crippen LogP contribution in [0.4, 0.5) is 20.2 Å². The monoisotopic (exact) mass is 599 g/mol. The number of anilines is 2. The molecule has 10 nitrogen and oxygen atoms in total. The Balaban J connectivity index is 0.00000276. The fraction of sp³-hybridized carbons (Fsp3) is 0.226. The van der Waals surface area contributed by atoms with Gasteiger partial charge in [-0.15, -0.1) is 0 Å². The van der Waals surface area contributed by atoms with Crippen LogP contribution in [0.1, 0.15) is 27.1 Å². The van der Waals surface area contributed by atoms with E-state index in [1.165, 1.54) is 49.7 Å². The van der Waals surface area contributed by atoms with Crippen LogP contribution in [-0.4, -0.2) is 41.6 Å². The van der Waals surface area contributed by atoms with E-state index in [-0.39, 0.29) is 50.5 Å². The summed E-state index contributed by atoms with van der Waals surface area (Å²) in [6, 6.07) is 13.9. The first-order valence-electron chi connectivity index (χ1n) is 13.4. The molecule has 1 saturated carbocycles. The van der Waals surface area contributed by atoms with Gasteiger partial charge >= 0.3 is 24.8 Å². The zero-order valence-electron chi connectivity index (χ0n) is 25.0. The molecule has 0 aliphatic heterocycles. The van der Waals surface area contributed by atoms with E-state index in [2.05, 4.69) is 15.6 Å². The summed E-state index contributed by atoms with van der Waals surface area (Å²) in [4.78, 5) is 40.8. The van der Waals surface area contributed by atoms with Crippen LogP contribution in [0.2, 0.25) is 0 Å². The van der Waals surface area contributed by atoms with E-state index in [0.29, 0.717) is 47.4 Å². The van der Waals surface area contributed by atoms with Gasteiger partial charge in [0, 0.05) is 41.5 Å². The van der Waals surface area contributed by atoms with E-state index in [4.69, 9.17) is 19.3 Å². The number of carboxylic acids is 1. The van der Waals surface area contributed by atoms with Crippen LogP contribution in [0.5, 0.6) is 23.0 Å². The molecule has 2 amide bonds. The second-order valence-corrected chi connectivity index (χ2v) is 9.92. The number of methoxy groups -OCH3 is 1.